The number of hydrogen-bond acceptors (Lipinski definition) is 9. The first kappa shape index (κ1) is 23.1. The Labute approximate surface area is 209 Å². The Hall–Kier alpha value is -4.64. The van der Waals surface area contributed by atoms with Gasteiger partial charge in [0.25, 0.3) is 10.9 Å². The van der Waals surface area contributed by atoms with Crippen molar-refractivity contribution in [2.45, 2.75) is 0 Å². The molecule has 0 radical (unpaired) electrons. The molecule has 0 aliphatic carbocycles. The molecule has 0 unspecified atom stereocenters. The maximum Gasteiger partial charge on any atom is 0.295 e. The summed E-state index contributed by atoms with van der Waals surface area (Å²) < 4.78 is 18.0. The summed E-state index contributed by atoms with van der Waals surface area (Å²) in [5.41, 5.74) is 2.76. The van der Waals surface area contributed by atoms with Crippen LogP contribution in [-0.4, -0.2) is 41.0 Å². The minimum Gasteiger partial charge on any atom is -0.497 e. The van der Waals surface area contributed by atoms with Gasteiger partial charge in [0.2, 0.25) is 5.13 Å². The zero-order valence-electron chi connectivity index (χ0n) is 19.6. The Kier molecular flexibility index (Phi) is 6.13. The van der Waals surface area contributed by atoms with E-state index in [4.69, 9.17) is 14.2 Å². The summed E-state index contributed by atoms with van der Waals surface area (Å²) >= 11 is 1.25. The van der Waals surface area contributed by atoms with E-state index >= 15 is 0 Å². The molecule has 5 aromatic rings. The number of fused-ring (bicyclic) bond motifs is 1. The van der Waals surface area contributed by atoms with Crippen LogP contribution in [0.3, 0.4) is 0 Å². The highest BCUT2D eigenvalue weighted by Crippen LogP contribution is 2.45. The third kappa shape index (κ3) is 4.05. The Morgan fingerprint density at radius 2 is 1.64 bits per heavy atom. The lowest BCUT2D eigenvalue weighted by Crippen LogP contribution is -2.03. The molecule has 2 heterocycles. The van der Waals surface area contributed by atoms with Crippen LogP contribution in [-0.2, 0) is 0 Å². The van der Waals surface area contributed by atoms with E-state index in [1.807, 2.05) is 47.0 Å². The van der Waals surface area contributed by atoms with E-state index in [1.54, 1.807) is 32.4 Å². The topological polar surface area (TPSA) is 114 Å². The van der Waals surface area contributed by atoms with Crippen molar-refractivity contribution in [2.75, 3.05) is 26.6 Å². The highest BCUT2D eigenvalue weighted by atomic mass is 32.1. The van der Waals surface area contributed by atoms with Crippen molar-refractivity contribution in [3.8, 4) is 33.0 Å². The summed E-state index contributed by atoms with van der Waals surface area (Å²) in [6, 6.07) is 19.8. The summed E-state index contributed by atoms with van der Waals surface area (Å²) in [7, 11) is 4.74. The number of anilines is 2. The first-order valence-electron chi connectivity index (χ1n) is 10.8. The van der Waals surface area contributed by atoms with Gasteiger partial charge >= 0.3 is 0 Å². The number of para-hydroxylation sites is 2. The van der Waals surface area contributed by atoms with Crippen LogP contribution >= 0.6 is 11.3 Å². The van der Waals surface area contributed by atoms with Crippen LogP contribution in [0.25, 0.3) is 27.2 Å². The lowest BCUT2D eigenvalue weighted by Gasteiger charge is -2.13. The second kappa shape index (κ2) is 9.55. The van der Waals surface area contributed by atoms with Crippen LogP contribution in [0.15, 0.2) is 66.7 Å². The average molecular weight is 504 g/mol. The Balaban J connectivity index is 1.85. The molecular weight excluding hydrogens is 482 g/mol. The molecule has 2 aromatic heterocycles. The van der Waals surface area contributed by atoms with Crippen LogP contribution in [0.2, 0.25) is 0 Å². The molecule has 0 saturated carbocycles. The lowest BCUT2D eigenvalue weighted by molar-refractivity contribution is -0.383. The standard InChI is InChI=1S/C25H21N5O5S/c1-33-16-10-8-15(9-11-16)22-18-14-17(34-2)12-13-20(18)29(24-27-28-25(35-3)36-24)23(22)26-19-6-4-5-7-21(19)30(31)32/h4-14,26H,1-3H3. The number of nitrogens with one attached hydrogen (secondary N) is 1. The van der Waals surface area contributed by atoms with Gasteiger partial charge in [-0.2, -0.15) is 0 Å². The van der Waals surface area contributed by atoms with Gasteiger partial charge < -0.3 is 19.5 Å². The molecule has 36 heavy (non-hydrogen) atoms. The maximum atomic E-state index is 11.8. The van der Waals surface area contributed by atoms with Gasteiger partial charge in [-0.1, -0.05) is 29.4 Å². The highest BCUT2D eigenvalue weighted by Gasteiger charge is 2.25. The van der Waals surface area contributed by atoms with E-state index in [-0.39, 0.29) is 5.69 Å². The Bertz CT molecular complexity index is 1560. The number of rotatable bonds is 8. The zero-order chi connectivity index (χ0) is 25.2. The number of aromatic nitrogens is 3. The molecular formula is C25H21N5O5S. The predicted octanol–water partition coefficient (Wildman–Crippen LogP) is 5.83. The van der Waals surface area contributed by atoms with E-state index in [2.05, 4.69) is 15.5 Å². The molecule has 0 aliphatic heterocycles. The molecule has 0 spiro atoms. The van der Waals surface area contributed by atoms with Gasteiger partial charge in [-0.15, -0.1) is 5.10 Å². The average Bonchev–Trinajstić information content (AvgIpc) is 3.50. The number of benzene rings is 3. The summed E-state index contributed by atoms with van der Waals surface area (Å²) in [6.07, 6.45) is 0. The van der Waals surface area contributed by atoms with Gasteiger partial charge in [-0.05, 0) is 53.3 Å². The third-order valence-corrected chi connectivity index (χ3v) is 6.54. The van der Waals surface area contributed by atoms with Crippen molar-refractivity contribution < 1.29 is 19.1 Å². The molecule has 3 aromatic carbocycles. The molecule has 0 aliphatic rings. The molecule has 0 amide bonds. The van der Waals surface area contributed by atoms with E-state index in [0.29, 0.717) is 33.3 Å². The van der Waals surface area contributed by atoms with E-state index < -0.39 is 4.92 Å². The molecule has 182 valence electrons. The summed E-state index contributed by atoms with van der Waals surface area (Å²) in [5, 5.41) is 25.3. The minimum absolute atomic E-state index is 0.0533. The molecule has 5 rings (SSSR count). The highest BCUT2D eigenvalue weighted by molar-refractivity contribution is 7.15. The zero-order valence-corrected chi connectivity index (χ0v) is 20.4. The van der Waals surface area contributed by atoms with Crippen molar-refractivity contribution in [1.82, 2.24) is 14.8 Å². The monoisotopic (exact) mass is 503 g/mol. The molecule has 0 fully saturated rings. The number of methoxy groups -OCH3 is 3. The summed E-state index contributed by atoms with van der Waals surface area (Å²) in [6.45, 7) is 0. The SMILES string of the molecule is COc1ccc(-c2c(Nc3ccccc3[N+](=O)[O-])n(-c3nnc(OC)s3)c3ccc(OC)cc23)cc1. The van der Waals surface area contributed by atoms with Gasteiger partial charge in [0, 0.05) is 17.0 Å². The Morgan fingerprint density at radius 1 is 0.917 bits per heavy atom. The van der Waals surface area contributed by atoms with E-state index in [9.17, 15) is 10.1 Å². The van der Waals surface area contributed by atoms with Gasteiger partial charge in [0.1, 0.15) is 23.0 Å². The number of nitro groups is 1. The maximum absolute atomic E-state index is 11.8. The molecule has 0 bridgehead atoms. The Morgan fingerprint density at radius 3 is 2.31 bits per heavy atom. The van der Waals surface area contributed by atoms with Gasteiger partial charge in [-0.25, -0.2) is 0 Å². The molecule has 11 heteroatoms. The number of nitrogens with zero attached hydrogens (tertiary/aromatic N) is 4. The smallest absolute Gasteiger partial charge is 0.295 e. The lowest BCUT2D eigenvalue weighted by atomic mass is 10.0. The molecule has 0 atom stereocenters. The number of nitro benzene ring substituents is 1. The normalized spacial score (nSPS) is 10.9. The first-order chi connectivity index (χ1) is 17.5. The second-order valence-electron chi connectivity index (χ2n) is 7.62. The largest absolute Gasteiger partial charge is 0.497 e. The van der Waals surface area contributed by atoms with Crippen molar-refractivity contribution in [2.24, 2.45) is 0 Å². The number of hydrogen-bond donors (Lipinski definition) is 1. The fourth-order valence-corrected chi connectivity index (χ4v) is 4.69. The van der Waals surface area contributed by atoms with E-state index in [1.165, 1.54) is 24.5 Å². The van der Waals surface area contributed by atoms with E-state index in [0.717, 1.165) is 22.0 Å². The summed E-state index contributed by atoms with van der Waals surface area (Å²) in [5.74, 6) is 1.96. The molecule has 1 N–H and O–H groups in total. The quantitative estimate of drug-likeness (QED) is 0.208. The number of ether oxygens (including phenoxy) is 3. The van der Waals surface area contributed by atoms with Gasteiger partial charge in [0.05, 0.1) is 31.8 Å². The minimum atomic E-state index is -0.417. The molecule has 0 saturated heterocycles. The predicted molar refractivity (Wildman–Crippen MR) is 138 cm³/mol. The van der Waals surface area contributed by atoms with Crippen molar-refractivity contribution in [1.29, 1.82) is 0 Å². The van der Waals surface area contributed by atoms with Crippen molar-refractivity contribution in [3.05, 3.63) is 76.8 Å². The van der Waals surface area contributed by atoms with Crippen LogP contribution in [0.4, 0.5) is 17.2 Å². The second-order valence-corrected chi connectivity index (χ2v) is 8.54. The third-order valence-electron chi connectivity index (χ3n) is 5.67. The van der Waals surface area contributed by atoms with Crippen LogP contribution in [0.1, 0.15) is 0 Å². The van der Waals surface area contributed by atoms with Crippen LogP contribution in [0, 0.1) is 10.1 Å². The first-order valence-corrected chi connectivity index (χ1v) is 11.6. The molecule has 10 nitrogen and oxygen atoms in total. The van der Waals surface area contributed by atoms with Crippen LogP contribution in [0.5, 0.6) is 16.7 Å². The fourth-order valence-electron chi connectivity index (χ4n) is 4.01. The van der Waals surface area contributed by atoms with Crippen molar-refractivity contribution in [3.63, 3.8) is 0 Å². The van der Waals surface area contributed by atoms with Crippen molar-refractivity contribution >= 4 is 39.4 Å². The fraction of sp³-hybridized carbons (Fsp3) is 0.120. The van der Waals surface area contributed by atoms with Gasteiger partial charge in [0.15, 0.2) is 0 Å². The van der Waals surface area contributed by atoms with Gasteiger partial charge in [-0.3, -0.25) is 14.7 Å². The summed E-state index contributed by atoms with van der Waals surface area (Å²) in [4.78, 5) is 11.4. The van der Waals surface area contributed by atoms with Crippen LogP contribution < -0.4 is 19.5 Å².